The summed E-state index contributed by atoms with van der Waals surface area (Å²) in [5, 5.41) is 10.0. The number of aliphatic hydroxyl groups excluding tert-OH is 1. The second kappa shape index (κ2) is 10.3. The maximum Gasteiger partial charge on any atom is 0.331 e. The molecule has 0 aromatic heterocycles. The van der Waals surface area contributed by atoms with E-state index >= 15 is 0 Å². The lowest BCUT2D eigenvalue weighted by Gasteiger charge is -2.52. The van der Waals surface area contributed by atoms with Gasteiger partial charge >= 0.3 is 11.9 Å². The van der Waals surface area contributed by atoms with Crippen molar-refractivity contribution < 1.29 is 43.2 Å². The molecule has 9 heteroatoms. The highest BCUT2D eigenvalue weighted by Gasteiger charge is 2.79. The molecule has 1 saturated carbocycles. The number of hydrogen-bond donors (Lipinski definition) is 1. The molecular formula is C29H38O9. The summed E-state index contributed by atoms with van der Waals surface area (Å²) in [4.78, 5) is 38.3. The highest BCUT2D eigenvalue weighted by atomic mass is 16.6. The van der Waals surface area contributed by atoms with E-state index in [-0.39, 0.29) is 49.5 Å². The number of aliphatic hydroxyl groups is 1. The predicted molar refractivity (Wildman–Crippen MR) is 135 cm³/mol. The minimum Gasteiger partial charge on any atom is -0.465 e. The first-order valence-corrected chi connectivity index (χ1v) is 13.6. The summed E-state index contributed by atoms with van der Waals surface area (Å²) in [6.45, 7) is 7.86. The maximum absolute atomic E-state index is 12.9. The number of carbonyl (C=O) groups excluding carboxylic acids is 3. The maximum atomic E-state index is 12.9. The Labute approximate surface area is 223 Å². The molecule has 2 aliphatic carbocycles. The summed E-state index contributed by atoms with van der Waals surface area (Å²) in [7, 11) is 0. The molecule has 5 rings (SSSR count). The fraction of sp³-hybridized carbons (Fsp3) is 0.690. The molecule has 2 saturated heterocycles. The van der Waals surface area contributed by atoms with Crippen LogP contribution in [0.4, 0.5) is 0 Å². The van der Waals surface area contributed by atoms with Gasteiger partial charge in [0.15, 0.2) is 5.78 Å². The number of cyclic esters (lactones) is 1. The van der Waals surface area contributed by atoms with Gasteiger partial charge in [-0.15, -0.1) is 0 Å². The van der Waals surface area contributed by atoms with Crippen LogP contribution in [0.2, 0.25) is 0 Å². The van der Waals surface area contributed by atoms with E-state index in [1.54, 1.807) is 26.0 Å². The Hall–Kier alpha value is -2.33. The topological polar surface area (TPSA) is 121 Å². The summed E-state index contributed by atoms with van der Waals surface area (Å²) < 4.78 is 30.0. The van der Waals surface area contributed by atoms with Crippen molar-refractivity contribution in [2.45, 2.75) is 83.1 Å². The van der Waals surface area contributed by atoms with Gasteiger partial charge in [-0.2, -0.15) is 0 Å². The second-order valence-corrected chi connectivity index (χ2v) is 11.7. The average molecular weight is 531 g/mol. The molecule has 3 aliphatic heterocycles. The molecule has 38 heavy (non-hydrogen) atoms. The van der Waals surface area contributed by atoms with Crippen LogP contribution >= 0.6 is 0 Å². The van der Waals surface area contributed by atoms with E-state index in [0.29, 0.717) is 13.0 Å². The summed E-state index contributed by atoms with van der Waals surface area (Å²) in [5.74, 6) is -1.91. The van der Waals surface area contributed by atoms with E-state index in [2.05, 4.69) is 19.9 Å². The van der Waals surface area contributed by atoms with Crippen LogP contribution in [0.5, 0.6) is 0 Å². The van der Waals surface area contributed by atoms with Gasteiger partial charge in [-0.1, -0.05) is 43.7 Å². The molecule has 5 aliphatic rings. The Bertz CT molecular complexity index is 1050. The van der Waals surface area contributed by atoms with Gasteiger partial charge in [-0.05, 0) is 20.3 Å². The summed E-state index contributed by atoms with van der Waals surface area (Å²) >= 11 is 0. The normalized spacial score (nSPS) is 46.1. The highest BCUT2D eigenvalue weighted by molar-refractivity contribution is 5.86. The first-order chi connectivity index (χ1) is 18.0. The number of ether oxygens (including phenoxy) is 5. The molecule has 2 bridgehead atoms. The first kappa shape index (κ1) is 27.2. The van der Waals surface area contributed by atoms with E-state index in [1.807, 2.05) is 0 Å². The molecule has 208 valence electrons. The monoisotopic (exact) mass is 530 g/mol. The van der Waals surface area contributed by atoms with Gasteiger partial charge in [0.05, 0.1) is 37.9 Å². The smallest absolute Gasteiger partial charge is 0.331 e. The third kappa shape index (κ3) is 4.78. The van der Waals surface area contributed by atoms with Crippen LogP contribution in [0, 0.1) is 23.2 Å². The molecule has 0 aromatic carbocycles. The molecule has 1 spiro atoms. The van der Waals surface area contributed by atoms with Gasteiger partial charge in [0.2, 0.25) is 0 Å². The summed E-state index contributed by atoms with van der Waals surface area (Å²) in [6, 6.07) is 0. The van der Waals surface area contributed by atoms with Gasteiger partial charge in [-0.3, -0.25) is 9.59 Å². The zero-order chi connectivity index (χ0) is 27.2. The number of rotatable bonds is 1. The fourth-order valence-corrected chi connectivity index (χ4v) is 7.01. The zero-order valence-corrected chi connectivity index (χ0v) is 22.5. The number of carbonyl (C=O) groups is 3. The van der Waals surface area contributed by atoms with Crippen LogP contribution in [-0.2, 0) is 38.1 Å². The molecule has 1 N–H and O–H groups in total. The lowest BCUT2D eigenvalue weighted by Crippen LogP contribution is -2.60. The molecule has 10 atom stereocenters. The van der Waals surface area contributed by atoms with Crippen molar-refractivity contribution in [3.8, 4) is 0 Å². The first-order valence-electron chi connectivity index (χ1n) is 13.6. The third-order valence-electron chi connectivity index (χ3n) is 9.17. The number of epoxide rings is 1. The average Bonchev–Trinajstić information content (AvgIpc) is 3.63. The minimum atomic E-state index is -0.880. The van der Waals surface area contributed by atoms with Crippen LogP contribution in [0.25, 0.3) is 0 Å². The largest absolute Gasteiger partial charge is 0.465 e. The van der Waals surface area contributed by atoms with Crippen molar-refractivity contribution in [2.24, 2.45) is 23.2 Å². The van der Waals surface area contributed by atoms with Gasteiger partial charge in [0.1, 0.15) is 24.4 Å². The Balaban J connectivity index is 1.45. The Morgan fingerprint density at radius 2 is 1.89 bits per heavy atom. The van der Waals surface area contributed by atoms with Crippen LogP contribution in [0.1, 0.15) is 47.0 Å². The van der Waals surface area contributed by atoms with E-state index in [4.69, 9.17) is 23.7 Å². The molecule has 9 nitrogen and oxygen atoms in total. The fourth-order valence-electron chi connectivity index (χ4n) is 7.01. The van der Waals surface area contributed by atoms with Crippen molar-refractivity contribution in [1.82, 2.24) is 0 Å². The van der Waals surface area contributed by atoms with Gasteiger partial charge in [0, 0.05) is 35.7 Å². The lowest BCUT2D eigenvalue weighted by molar-refractivity contribution is -0.187. The number of esters is 2. The van der Waals surface area contributed by atoms with E-state index in [0.717, 1.165) is 12.0 Å². The standard InChI is InChI=1S/C29H38O9/c1-16-9-19-13-35-26(33)11-17(2)20(31)14-34-21(18(3)30)7-5-6-8-25(32)38-23-12-24-29(15-36-29)28(23,4)27(19)22(10-16)37-24/h5-8,10,17-19,21-24,27,30H,9,11-15H2,1-4H3/b7-5+,8-6-/t17-,18+,19+,21-,22-,23-,24-,27+,28-,29-/m1/s1. The summed E-state index contributed by atoms with van der Waals surface area (Å²) in [6.07, 6.45) is 6.95. The summed E-state index contributed by atoms with van der Waals surface area (Å²) in [5.41, 5.74) is 0.120. The van der Waals surface area contributed by atoms with E-state index in [1.165, 1.54) is 12.2 Å². The van der Waals surface area contributed by atoms with E-state index in [9.17, 15) is 19.5 Å². The molecule has 0 aromatic rings. The van der Waals surface area contributed by atoms with Crippen LogP contribution in [0.15, 0.2) is 36.0 Å². The van der Waals surface area contributed by atoms with Gasteiger partial charge in [0.25, 0.3) is 0 Å². The highest BCUT2D eigenvalue weighted by Crippen LogP contribution is 2.68. The molecule has 0 unspecified atom stereocenters. The van der Waals surface area contributed by atoms with Crippen LogP contribution in [0.3, 0.4) is 0 Å². The second-order valence-electron chi connectivity index (χ2n) is 11.7. The van der Waals surface area contributed by atoms with Gasteiger partial charge < -0.3 is 28.8 Å². The van der Waals surface area contributed by atoms with Crippen molar-refractivity contribution in [2.75, 3.05) is 19.8 Å². The molecule has 3 heterocycles. The lowest BCUT2D eigenvalue weighted by atomic mass is 9.57. The number of allylic oxidation sites excluding steroid dienone is 3. The number of hydrogen-bond acceptors (Lipinski definition) is 9. The SMILES string of the molecule is CC1=C[C@H]2O[C@@H]3C[C@H]4OC(=O)/C=C\C=C\[C@H]([C@H](C)O)OCC(=O)[C@H](C)CC(=O)OC[C@H](C1)[C@@H]2[C@]4(C)[C@@]31CO1. The predicted octanol–water partition coefficient (Wildman–Crippen LogP) is 2.46. The molecular weight excluding hydrogens is 492 g/mol. The molecule has 0 radical (unpaired) electrons. The Morgan fingerprint density at radius 1 is 1.13 bits per heavy atom. The quantitative estimate of drug-likeness (QED) is 0.310. The van der Waals surface area contributed by atoms with Crippen molar-refractivity contribution >= 4 is 17.7 Å². The molecule has 0 amide bonds. The van der Waals surface area contributed by atoms with Gasteiger partial charge in [-0.25, -0.2) is 4.79 Å². The molecule has 3 fully saturated rings. The zero-order valence-electron chi connectivity index (χ0n) is 22.5. The van der Waals surface area contributed by atoms with Crippen molar-refractivity contribution in [3.05, 3.63) is 36.0 Å². The van der Waals surface area contributed by atoms with E-state index < -0.39 is 47.2 Å². The Morgan fingerprint density at radius 3 is 2.61 bits per heavy atom. The van der Waals surface area contributed by atoms with Crippen molar-refractivity contribution in [3.63, 3.8) is 0 Å². The number of ketones is 1. The van der Waals surface area contributed by atoms with Crippen LogP contribution < -0.4 is 0 Å². The van der Waals surface area contributed by atoms with Crippen LogP contribution in [-0.4, -0.2) is 78.8 Å². The number of Topliss-reactive ketones (excluding diaryl/α,β-unsaturated/α-hetero) is 1. The third-order valence-corrected chi connectivity index (χ3v) is 9.17. The minimum absolute atomic E-state index is 0.0537. The Kier molecular flexibility index (Phi) is 7.41. The van der Waals surface area contributed by atoms with Crippen molar-refractivity contribution in [1.29, 1.82) is 0 Å².